The van der Waals surface area contributed by atoms with E-state index in [0.717, 1.165) is 13.0 Å². The standard InChI is InChI=1S/C16H20N2S/c1-11-7-8-15(19-11)16(12(2)17)18-10-9-13-5-3-4-6-14(13)18/h3-8,12,16H,9-10,17H2,1-2H3. The van der Waals surface area contributed by atoms with E-state index in [9.17, 15) is 0 Å². The van der Waals surface area contributed by atoms with Crippen molar-refractivity contribution in [3.8, 4) is 0 Å². The van der Waals surface area contributed by atoms with E-state index in [-0.39, 0.29) is 6.04 Å². The van der Waals surface area contributed by atoms with Crippen LogP contribution in [0.3, 0.4) is 0 Å². The highest BCUT2D eigenvalue weighted by Gasteiger charge is 2.30. The van der Waals surface area contributed by atoms with Crippen LogP contribution in [0.2, 0.25) is 0 Å². The molecular weight excluding hydrogens is 252 g/mol. The number of thiophene rings is 1. The van der Waals surface area contributed by atoms with Gasteiger partial charge < -0.3 is 10.6 Å². The van der Waals surface area contributed by atoms with Gasteiger partial charge in [-0.25, -0.2) is 0 Å². The maximum absolute atomic E-state index is 6.28. The smallest absolute Gasteiger partial charge is 0.0783 e. The summed E-state index contributed by atoms with van der Waals surface area (Å²) in [6, 6.07) is 13.5. The molecule has 0 saturated heterocycles. The molecular formula is C16H20N2S. The molecule has 100 valence electrons. The van der Waals surface area contributed by atoms with Crippen molar-refractivity contribution >= 4 is 17.0 Å². The lowest BCUT2D eigenvalue weighted by molar-refractivity contribution is 0.549. The highest BCUT2D eigenvalue weighted by molar-refractivity contribution is 7.12. The Morgan fingerprint density at radius 3 is 2.68 bits per heavy atom. The zero-order valence-electron chi connectivity index (χ0n) is 11.5. The fourth-order valence-corrected chi connectivity index (χ4v) is 4.07. The summed E-state index contributed by atoms with van der Waals surface area (Å²) in [5.41, 5.74) is 9.08. The topological polar surface area (TPSA) is 29.3 Å². The van der Waals surface area contributed by atoms with Crippen molar-refractivity contribution < 1.29 is 0 Å². The highest BCUT2D eigenvalue weighted by atomic mass is 32.1. The molecule has 1 aromatic carbocycles. The number of anilines is 1. The van der Waals surface area contributed by atoms with Gasteiger partial charge in [-0.15, -0.1) is 11.3 Å². The summed E-state index contributed by atoms with van der Waals surface area (Å²) < 4.78 is 0. The fourth-order valence-electron chi connectivity index (χ4n) is 2.96. The summed E-state index contributed by atoms with van der Waals surface area (Å²) >= 11 is 1.86. The second-order valence-electron chi connectivity index (χ2n) is 5.32. The molecule has 0 bridgehead atoms. The van der Waals surface area contributed by atoms with Crippen LogP contribution in [0.15, 0.2) is 36.4 Å². The van der Waals surface area contributed by atoms with Gasteiger partial charge in [0.1, 0.15) is 0 Å². The molecule has 1 aliphatic rings. The number of fused-ring (bicyclic) bond motifs is 1. The Morgan fingerprint density at radius 2 is 2.00 bits per heavy atom. The van der Waals surface area contributed by atoms with E-state index in [0.29, 0.717) is 6.04 Å². The van der Waals surface area contributed by atoms with Gasteiger partial charge in [0.25, 0.3) is 0 Å². The van der Waals surface area contributed by atoms with Crippen LogP contribution < -0.4 is 10.6 Å². The second-order valence-corrected chi connectivity index (χ2v) is 6.64. The molecule has 2 unspecified atom stereocenters. The lowest BCUT2D eigenvalue weighted by Crippen LogP contribution is -2.38. The predicted molar refractivity (Wildman–Crippen MR) is 82.9 cm³/mol. The average Bonchev–Trinajstić information content (AvgIpc) is 2.98. The quantitative estimate of drug-likeness (QED) is 0.926. The lowest BCUT2D eigenvalue weighted by Gasteiger charge is -2.32. The molecule has 1 aliphatic heterocycles. The van der Waals surface area contributed by atoms with Crippen LogP contribution in [0.1, 0.15) is 28.3 Å². The monoisotopic (exact) mass is 272 g/mol. The summed E-state index contributed by atoms with van der Waals surface area (Å²) in [5, 5.41) is 0. The molecule has 2 aromatic rings. The van der Waals surface area contributed by atoms with Crippen LogP contribution in [0, 0.1) is 6.92 Å². The van der Waals surface area contributed by atoms with Gasteiger partial charge in [-0.1, -0.05) is 18.2 Å². The van der Waals surface area contributed by atoms with Gasteiger partial charge in [-0.2, -0.15) is 0 Å². The van der Waals surface area contributed by atoms with Gasteiger partial charge in [-0.05, 0) is 44.0 Å². The van der Waals surface area contributed by atoms with E-state index < -0.39 is 0 Å². The Balaban J connectivity index is 1.99. The van der Waals surface area contributed by atoms with E-state index in [1.807, 2.05) is 11.3 Å². The SMILES string of the molecule is Cc1ccc(C(C(C)N)N2CCc3ccccc32)s1. The Morgan fingerprint density at radius 1 is 1.21 bits per heavy atom. The van der Waals surface area contributed by atoms with Gasteiger partial charge in [0.15, 0.2) is 0 Å². The third-order valence-electron chi connectivity index (χ3n) is 3.81. The largest absolute Gasteiger partial charge is 0.362 e. The number of nitrogens with zero attached hydrogens (tertiary/aromatic N) is 1. The summed E-state index contributed by atoms with van der Waals surface area (Å²) in [4.78, 5) is 5.21. The van der Waals surface area contributed by atoms with Crippen LogP contribution in [0.4, 0.5) is 5.69 Å². The molecule has 2 nitrogen and oxygen atoms in total. The van der Waals surface area contributed by atoms with Crippen LogP contribution in [0.5, 0.6) is 0 Å². The Hall–Kier alpha value is -1.32. The van der Waals surface area contributed by atoms with Gasteiger partial charge in [0.05, 0.1) is 6.04 Å². The Bertz CT molecular complexity index is 574. The number of hydrogen-bond donors (Lipinski definition) is 1. The first-order chi connectivity index (χ1) is 9.16. The minimum absolute atomic E-state index is 0.129. The average molecular weight is 272 g/mol. The number of para-hydroxylation sites is 1. The van der Waals surface area contributed by atoms with Gasteiger partial charge in [-0.3, -0.25) is 0 Å². The van der Waals surface area contributed by atoms with Crippen molar-refractivity contribution in [1.29, 1.82) is 0 Å². The molecule has 0 saturated carbocycles. The zero-order chi connectivity index (χ0) is 13.4. The van der Waals surface area contributed by atoms with E-state index in [1.54, 1.807) is 0 Å². The first kappa shape index (κ1) is 12.7. The maximum atomic E-state index is 6.28. The normalized spacial score (nSPS) is 17.3. The number of hydrogen-bond acceptors (Lipinski definition) is 3. The molecule has 3 rings (SSSR count). The summed E-state index contributed by atoms with van der Waals surface area (Å²) in [6.45, 7) is 5.34. The summed E-state index contributed by atoms with van der Waals surface area (Å²) in [5.74, 6) is 0. The molecule has 0 amide bonds. The van der Waals surface area contributed by atoms with Crippen molar-refractivity contribution in [3.05, 3.63) is 51.7 Å². The van der Waals surface area contributed by atoms with Gasteiger partial charge in [0, 0.05) is 28.0 Å². The van der Waals surface area contributed by atoms with Crippen molar-refractivity contribution in [2.45, 2.75) is 32.4 Å². The third-order valence-corrected chi connectivity index (χ3v) is 4.88. The van der Waals surface area contributed by atoms with Crippen molar-refractivity contribution in [2.75, 3.05) is 11.4 Å². The minimum atomic E-state index is 0.129. The van der Waals surface area contributed by atoms with E-state index in [1.165, 1.54) is 21.0 Å². The molecule has 0 radical (unpaired) electrons. The van der Waals surface area contributed by atoms with Crippen LogP contribution in [-0.4, -0.2) is 12.6 Å². The first-order valence-corrected chi connectivity index (χ1v) is 7.65. The van der Waals surface area contributed by atoms with Crippen molar-refractivity contribution in [3.63, 3.8) is 0 Å². The zero-order valence-corrected chi connectivity index (χ0v) is 12.3. The summed E-state index contributed by atoms with van der Waals surface area (Å²) in [6.07, 6.45) is 1.13. The predicted octanol–water partition coefficient (Wildman–Crippen LogP) is 3.51. The maximum Gasteiger partial charge on any atom is 0.0783 e. The molecule has 1 aromatic heterocycles. The minimum Gasteiger partial charge on any atom is -0.362 e. The molecule has 2 atom stereocenters. The van der Waals surface area contributed by atoms with Crippen molar-refractivity contribution in [1.82, 2.24) is 0 Å². The van der Waals surface area contributed by atoms with E-state index in [4.69, 9.17) is 5.73 Å². The summed E-state index contributed by atoms with van der Waals surface area (Å²) in [7, 11) is 0. The Kier molecular flexibility index (Phi) is 3.33. The van der Waals surface area contributed by atoms with Gasteiger partial charge in [0.2, 0.25) is 0 Å². The molecule has 3 heteroatoms. The number of rotatable bonds is 3. The number of nitrogens with two attached hydrogens (primary N) is 1. The van der Waals surface area contributed by atoms with Crippen LogP contribution in [-0.2, 0) is 6.42 Å². The molecule has 2 N–H and O–H groups in total. The molecule has 19 heavy (non-hydrogen) atoms. The molecule has 0 fully saturated rings. The third kappa shape index (κ3) is 2.28. The second kappa shape index (κ2) is 4.99. The van der Waals surface area contributed by atoms with Crippen molar-refractivity contribution in [2.24, 2.45) is 5.73 Å². The van der Waals surface area contributed by atoms with Crippen LogP contribution >= 0.6 is 11.3 Å². The highest BCUT2D eigenvalue weighted by Crippen LogP contribution is 2.38. The van der Waals surface area contributed by atoms with Gasteiger partial charge >= 0.3 is 0 Å². The lowest BCUT2D eigenvalue weighted by atomic mass is 10.1. The number of benzene rings is 1. The van der Waals surface area contributed by atoms with E-state index >= 15 is 0 Å². The molecule has 0 spiro atoms. The Labute approximate surface area is 118 Å². The van der Waals surface area contributed by atoms with Crippen LogP contribution in [0.25, 0.3) is 0 Å². The first-order valence-electron chi connectivity index (χ1n) is 6.83. The molecule has 2 heterocycles. The van der Waals surface area contributed by atoms with E-state index in [2.05, 4.69) is 55.1 Å². The number of aryl methyl sites for hydroxylation is 1. The molecule has 0 aliphatic carbocycles. The fraction of sp³-hybridized carbons (Fsp3) is 0.375.